The van der Waals surface area contributed by atoms with Crippen LogP contribution in [-0.4, -0.2) is 71.4 Å². The molecule has 4 rings (SSSR count). The maximum Gasteiger partial charge on any atom is 0.341 e. The van der Waals surface area contributed by atoms with E-state index in [-0.39, 0.29) is 35.0 Å². The fourth-order valence-corrected chi connectivity index (χ4v) is 5.48. The number of carbonyl (C=O) groups is 4. The van der Waals surface area contributed by atoms with Gasteiger partial charge in [0.2, 0.25) is 17.7 Å². The van der Waals surface area contributed by atoms with Gasteiger partial charge >= 0.3 is 5.97 Å². The van der Waals surface area contributed by atoms with Gasteiger partial charge in [-0.2, -0.15) is 0 Å². The first-order valence-electron chi connectivity index (χ1n) is 13.0. The van der Waals surface area contributed by atoms with Crippen molar-refractivity contribution in [3.63, 3.8) is 0 Å². The van der Waals surface area contributed by atoms with Crippen molar-refractivity contribution in [2.24, 2.45) is 11.8 Å². The number of aliphatic carboxylic acids is 1. The third-order valence-electron chi connectivity index (χ3n) is 7.28. The molecular formula is C29H34FN3O6. The molecule has 1 saturated heterocycles. The molecule has 1 aliphatic heterocycles. The number of carboxylic acids is 1. The summed E-state index contributed by atoms with van der Waals surface area (Å²) in [4.78, 5) is 54.9. The van der Waals surface area contributed by atoms with E-state index >= 15 is 4.39 Å². The predicted molar refractivity (Wildman–Crippen MR) is 140 cm³/mol. The van der Waals surface area contributed by atoms with Crippen molar-refractivity contribution >= 4 is 23.7 Å². The molecule has 3 atom stereocenters. The van der Waals surface area contributed by atoms with Crippen LogP contribution in [0.5, 0.6) is 5.75 Å². The Labute approximate surface area is 226 Å². The Morgan fingerprint density at radius 2 is 1.77 bits per heavy atom. The summed E-state index contributed by atoms with van der Waals surface area (Å²) in [5.74, 6) is -3.79. The summed E-state index contributed by atoms with van der Waals surface area (Å²) in [6, 6.07) is 8.60. The number of nitrogens with zero attached hydrogens (tertiary/aromatic N) is 2. The van der Waals surface area contributed by atoms with Crippen molar-refractivity contribution in [2.75, 3.05) is 20.7 Å². The number of likely N-dealkylation sites (N-methyl/N-ethyl adjacent to an activating group) is 1. The highest BCUT2D eigenvalue weighted by Crippen LogP contribution is 2.36. The molecule has 1 fully saturated rings. The standard InChI is InChI=1S/C29H34FN3O6/c1-16(2)11-22-27(36)31-25(20-12-17-7-5-6-8-18(17)13-20)28(37)33(22)26(29(38)32(3)4)19-9-10-23(21(30)14-19)39-15-24(34)35/h5-10,14,16,20,22,25-26H,11-13,15H2,1-4H3,(H,31,36)(H,34,35)/t22-,25?,26-/m1/s1. The monoisotopic (exact) mass is 539 g/mol. The fraction of sp³-hybridized carbons (Fsp3) is 0.448. The van der Waals surface area contributed by atoms with Gasteiger partial charge in [-0.05, 0) is 59.9 Å². The van der Waals surface area contributed by atoms with E-state index in [0.717, 1.165) is 17.2 Å². The van der Waals surface area contributed by atoms with Crippen LogP contribution in [0.25, 0.3) is 0 Å². The van der Waals surface area contributed by atoms with Crippen molar-refractivity contribution in [1.82, 2.24) is 15.1 Å². The lowest BCUT2D eigenvalue weighted by Gasteiger charge is -2.45. The van der Waals surface area contributed by atoms with E-state index in [1.165, 1.54) is 36.0 Å². The zero-order valence-corrected chi connectivity index (χ0v) is 22.5. The third-order valence-corrected chi connectivity index (χ3v) is 7.28. The Kier molecular flexibility index (Phi) is 8.22. The Balaban J connectivity index is 1.75. The van der Waals surface area contributed by atoms with Gasteiger partial charge in [0, 0.05) is 14.1 Å². The number of nitrogens with one attached hydrogen (secondary N) is 1. The molecule has 2 aromatic carbocycles. The molecule has 1 heterocycles. The summed E-state index contributed by atoms with van der Waals surface area (Å²) in [5.41, 5.74) is 2.42. The molecule has 0 spiro atoms. The van der Waals surface area contributed by atoms with Crippen molar-refractivity contribution in [1.29, 1.82) is 0 Å². The van der Waals surface area contributed by atoms with Crippen molar-refractivity contribution < 1.29 is 33.4 Å². The molecule has 208 valence electrons. The molecule has 2 aromatic rings. The summed E-state index contributed by atoms with van der Waals surface area (Å²) >= 11 is 0. The van der Waals surface area contributed by atoms with Crippen LogP contribution >= 0.6 is 0 Å². The summed E-state index contributed by atoms with van der Waals surface area (Å²) in [6.07, 6.45) is 1.55. The second-order valence-corrected chi connectivity index (χ2v) is 10.8. The predicted octanol–water partition coefficient (Wildman–Crippen LogP) is 2.58. The van der Waals surface area contributed by atoms with Crippen molar-refractivity contribution in [3.8, 4) is 5.75 Å². The number of benzene rings is 2. The molecular weight excluding hydrogens is 505 g/mol. The summed E-state index contributed by atoms with van der Waals surface area (Å²) in [6.45, 7) is 3.11. The van der Waals surface area contributed by atoms with E-state index in [4.69, 9.17) is 9.84 Å². The smallest absolute Gasteiger partial charge is 0.341 e. The summed E-state index contributed by atoms with van der Waals surface area (Å²) in [7, 11) is 3.07. The van der Waals surface area contributed by atoms with Gasteiger partial charge in [0.1, 0.15) is 18.1 Å². The molecule has 2 N–H and O–H groups in total. The van der Waals surface area contributed by atoms with Gasteiger partial charge in [-0.1, -0.05) is 44.2 Å². The van der Waals surface area contributed by atoms with E-state index in [1.807, 2.05) is 38.1 Å². The van der Waals surface area contributed by atoms with Crippen LogP contribution in [0.3, 0.4) is 0 Å². The van der Waals surface area contributed by atoms with E-state index in [1.54, 1.807) is 0 Å². The first-order chi connectivity index (χ1) is 18.5. The highest BCUT2D eigenvalue weighted by molar-refractivity contribution is 6.00. The number of hydrogen-bond acceptors (Lipinski definition) is 5. The van der Waals surface area contributed by atoms with Crippen LogP contribution < -0.4 is 10.1 Å². The zero-order valence-electron chi connectivity index (χ0n) is 22.5. The number of carbonyl (C=O) groups excluding carboxylic acids is 3. The molecule has 0 aromatic heterocycles. The van der Waals surface area contributed by atoms with Crippen molar-refractivity contribution in [2.45, 2.75) is 51.2 Å². The second kappa shape index (κ2) is 11.4. The Morgan fingerprint density at radius 1 is 1.13 bits per heavy atom. The molecule has 1 unspecified atom stereocenters. The van der Waals surface area contributed by atoms with Gasteiger partial charge in [0.05, 0.1) is 0 Å². The molecule has 10 heteroatoms. The number of carboxylic acid groups (broad SMARTS) is 1. The first kappa shape index (κ1) is 28.1. The first-order valence-corrected chi connectivity index (χ1v) is 13.0. The average molecular weight is 540 g/mol. The van der Waals surface area contributed by atoms with Crippen LogP contribution in [0.15, 0.2) is 42.5 Å². The Hall–Kier alpha value is -3.95. The normalized spacial score (nSPS) is 20.0. The van der Waals surface area contributed by atoms with Crippen LogP contribution in [-0.2, 0) is 32.0 Å². The zero-order chi connectivity index (χ0) is 28.4. The van der Waals surface area contributed by atoms with Crippen LogP contribution in [0.2, 0.25) is 0 Å². The molecule has 1 aliphatic carbocycles. The van der Waals surface area contributed by atoms with Crippen LogP contribution in [0.1, 0.15) is 43.0 Å². The lowest BCUT2D eigenvalue weighted by atomic mass is 9.88. The minimum absolute atomic E-state index is 0.0296. The van der Waals surface area contributed by atoms with Crippen molar-refractivity contribution in [3.05, 3.63) is 65.0 Å². The lowest BCUT2D eigenvalue weighted by Crippen LogP contribution is -2.67. The number of fused-ring (bicyclic) bond motifs is 1. The summed E-state index contributed by atoms with van der Waals surface area (Å²) < 4.78 is 20.0. The quantitative estimate of drug-likeness (QED) is 0.506. The molecule has 0 bridgehead atoms. The van der Waals surface area contributed by atoms with Crippen LogP contribution in [0.4, 0.5) is 4.39 Å². The number of piperazine rings is 1. The Morgan fingerprint density at radius 3 is 2.31 bits per heavy atom. The number of hydrogen-bond donors (Lipinski definition) is 2. The lowest BCUT2D eigenvalue weighted by molar-refractivity contribution is -0.159. The van der Waals surface area contributed by atoms with E-state index < -0.39 is 42.4 Å². The number of halogens is 1. The molecule has 39 heavy (non-hydrogen) atoms. The largest absolute Gasteiger partial charge is 0.479 e. The van der Waals surface area contributed by atoms with Gasteiger partial charge < -0.3 is 25.0 Å². The highest BCUT2D eigenvalue weighted by atomic mass is 19.1. The number of rotatable bonds is 9. The van der Waals surface area contributed by atoms with E-state index in [0.29, 0.717) is 19.3 Å². The Bertz CT molecular complexity index is 1250. The second-order valence-electron chi connectivity index (χ2n) is 10.8. The fourth-order valence-electron chi connectivity index (χ4n) is 5.48. The third kappa shape index (κ3) is 5.89. The minimum atomic E-state index is -1.27. The molecule has 0 saturated carbocycles. The molecule has 0 radical (unpaired) electrons. The molecule has 2 aliphatic rings. The van der Waals surface area contributed by atoms with E-state index in [2.05, 4.69) is 5.32 Å². The summed E-state index contributed by atoms with van der Waals surface area (Å²) in [5, 5.41) is 11.8. The number of amides is 3. The maximum atomic E-state index is 15.0. The average Bonchev–Trinajstić information content (AvgIpc) is 3.30. The van der Waals surface area contributed by atoms with Gasteiger partial charge in [0.25, 0.3) is 0 Å². The molecule has 9 nitrogen and oxygen atoms in total. The molecule has 3 amide bonds. The van der Waals surface area contributed by atoms with Crippen LogP contribution in [0, 0.1) is 17.7 Å². The van der Waals surface area contributed by atoms with Gasteiger partial charge in [0.15, 0.2) is 18.2 Å². The van der Waals surface area contributed by atoms with Gasteiger partial charge in [-0.15, -0.1) is 0 Å². The topological polar surface area (TPSA) is 116 Å². The van der Waals surface area contributed by atoms with Gasteiger partial charge in [-0.25, -0.2) is 9.18 Å². The number of ether oxygens (including phenoxy) is 1. The highest BCUT2D eigenvalue weighted by Gasteiger charge is 2.49. The maximum absolute atomic E-state index is 15.0. The minimum Gasteiger partial charge on any atom is -0.479 e. The van der Waals surface area contributed by atoms with Gasteiger partial charge in [-0.3, -0.25) is 14.4 Å². The SMILES string of the molecule is CC(C)C[C@@H]1C(=O)NC(C2Cc3ccccc3C2)C(=O)N1[C@@H](C(=O)N(C)C)c1ccc(OCC(=O)O)c(F)c1. The van der Waals surface area contributed by atoms with E-state index in [9.17, 15) is 19.2 Å².